The Balaban J connectivity index is 1.77. The average Bonchev–Trinajstić information content (AvgIpc) is 2.89. The first-order valence-electron chi connectivity index (χ1n) is 9.54. The van der Waals surface area contributed by atoms with E-state index in [4.69, 9.17) is 4.74 Å². The number of allylic oxidation sites excluding steroid dienone is 1. The van der Waals surface area contributed by atoms with Gasteiger partial charge in [0.15, 0.2) is 11.5 Å². The Hall–Kier alpha value is -2.53. The molecule has 3 aliphatic rings. The van der Waals surface area contributed by atoms with Crippen molar-refractivity contribution in [3.8, 4) is 0 Å². The molecule has 5 heteroatoms. The number of piperazine rings is 1. The summed E-state index contributed by atoms with van der Waals surface area (Å²) in [4.78, 5) is 17.1. The zero-order valence-electron chi connectivity index (χ0n) is 15.8. The molecule has 1 atom stereocenters. The summed E-state index contributed by atoms with van der Waals surface area (Å²) in [6.45, 7) is 7.79. The molecule has 2 saturated heterocycles. The van der Waals surface area contributed by atoms with Gasteiger partial charge in [-0.25, -0.2) is 0 Å². The molecule has 0 aliphatic carbocycles. The molecule has 2 fully saturated rings. The van der Waals surface area contributed by atoms with Crippen molar-refractivity contribution >= 4 is 5.91 Å². The fourth-order valence-corrected chi connectivity index (χ4v) is 4.22. The fraction of sp³-hybridized carbons (Fsp3) is 0.409. The van der Waals surface area contributed by atoms with Crippen LogP contribution in [0.15, 0.2) is 65.7 Å². The molecule has 3 heterocycles. The van der Waals surface area contributed by atoms with E-state index in [1.807, 2.05) is 53.3 Å². The fourth-order valence-electron chi connectivity index (χ4n) is 4.22. The molecule has 0 spiro atoms. The average molecular weight is 366 g/mol. The highest BCUT2D eigenvalue weighted by atomic mass is 16.5. The van der Waals surface area contributed by atoms with Gasteiger partial charge in [-0.3, -0.25) is 4.79 Å². The number of rotatable bonds is 4. The Morgan fingerprint density at radius 1 is 1.26 bits per heavy atom. The van der Waals surface area contributed by atoms with Crippen LogP contribution < -0.4 is 0 Å². The van der Waals surface area contributed by atoms with Crippen molar-refractivity contribution < 1.29 is 14.6 Å². The molecule has 0 radical (unpaired) electrons. The highest BCUT2D eigenvalue weighted by molar-refractivity contribution is 5.96. The van der Waals surface area contributed by atoms with Gasteiger partial charge in [-0.2, -0.15) is 0 Å². The Labute approximate surface area is 160 Å². The van der Waals surface area contributed by atoms with E-state index >= 15 is 0 Å². The van der Waals surface area contributed by atoms with Crippen LogP contribution in [0.4, 0.5) is 0 Å². The number of aliphatic hydroxyl groups is 1. The Kier molecular flexibility index (Phi) is 4.56. The third kappa shape index (κ3) is 2.96. The molecule has 142 valence electrons. The molecule has 0 saturated carbocycles. The third-order valence-corrected chi connectivity index (χ3v) is 5.86. The lowest BCUT2D eigenvalue weighted by Gasteiger charge is -2.51. The van der Waals surface area contributed by atoms with Gasteiger partial charge in [0.25, 0.3) is 5.91 Å². The molecule has 1 unspecified atom stereocenters. The van der Waals surface area contributed by atoms with E-state index in [1.54, 1.807) is 0 Å². The van der Waals surface area contributed by atoms with E-state index in [2.05, 4.69) is 6.58 Å². The summed E-state index contributed by atoms with van der Waals surface area (Å²) in [5.74, 6) is 0.502. The minimum atomic E-state index is -0.483. The van der Waals surface area contributed by atoms with E-state index in [1.165, 1.54) is 0 Å². The van der Waals surface area contributed by atoms with Gasteiger partial charge < -0.3 is 19.6 Å². The van der Waals surface area contributed by atoms with E-state index in [9.17, 15) is 9.90 Å². The van der Waals surface area contributed by atoms with Crippen molar-refractivity contribution in [2.24, 2.45) is 0 Å². The van der Waals surface area contributed by atoms with Crippen molar-refractivity contribution in [3.63, 3.8) is 0 Å². The summed E-state index contributed by atoms with van der Waals surface area (Å²) in [6, 6.07) is 9.90. The standard InChI is InChI=1S/C22H26N2O3/c1-16-12-24-19(20(17(16)2)27-13-18-8-4-3-5-9-18)21(26)23-11-7-6-10-22(24,14-23)15-25/h3-5,8-9,12,25H,2,6-7,10-11,13-15H2,1H3. The smallest absolute Gasteiger partial charge is 0.274 e. The largest absolute Gasteiger partial charge is 0.486 e. The van der Waals surface area contributed by atoms with Gasteiger partial charge in [-0.15, -0.1) is 0 Å². The van der Waals surface area contributed by atoms with Crippen LogP contribution >= 0.6 is 0 Å². The second-order valence-electron chi connectivity index (χ2n) is 7.68. The molecular formula is C22H26N2O3. The molecule has 2 bridgehead atoms. The molecule has 5 nitrogen and oxygen atoms in total. The van der Waals surface area contributed by atoms with Crippen molar-refractivity contribution in [3.05, 3.63) is 71.3 Å². The lowest BCUT2D eigenvalue weighted by molar-refractivity contribution is -0.136. The number of carbonyl (C=O) groups excluding carboxylic acids is 1. The van der Waals surface area contributed by atoms with Crippen molar-refractivity contribution in [2.75, 3.05) is 19.7 Å². The van der Waals surface area contributed by atoms with E-state index < -0.39 is 5.54 Å². The van der Waals surface area contributed by atoms with Gasteiger partial charge in [0.05, 0.1) is 12.1 Å². The van der Waals surface area contributed by atoms with Crippen LogP contribution in [0, 0.1) is 0 Å². The maximum absolute atomic E-state index is 13.2. The SMILES string of the molecule is C=C1C(C)=CN2C(=C1OCc1ccccc1)C(=O)N1CCCCC2(CO)C1. The zero-order valence-corrected chi connectivity index (χ0v) is 15.8. The first-order chi connectivity index (χ1) is 13.1. The van der Waals surface area contributed by atoms with Crippen LogP contribution in [0.3, 0.4) is 0 Å². The number of aliphatic hydroxyl groups excluding tert-OH is 1. The summed E-state index contributed by atoms with van der Waals surface area (Å²) in [5.41, 5.74) is 2.76. The van der Waals surface area contributed by atoms with Crippen LogP contribution in [-0.2, 0) is 16.1 Å². The molecular weight excluding hydrogens is 340 g/mol. The second kappa shape index (κ2) is 6.89. The van der Waals surface area contributed by atoms with Crippen LogP contribution in [0.25, 0.3) is 0 Å². The number of ether oxygens (including phenoxy) is 1. The van der Waals surface area contributed by atoms with E-state index in [0.29, 0.717) is 24.6 Å². The monoisotopic (exact) mass is 366 g/mol. The summed E-state index contributed by atoms with van der Waals surface area (Å²) in [6.07, 6.45) is 4.75. The van der Waals surface area contributed by atoms with Crippen LogP contribution in [-0.4, -0.2) is 46.0 Å². The van der Waals surface area contributed by atoms with Gasteiger partial charge in [0.2, 0.25) is 0 Å². The van der Waals surface area contributed by atoms with Crippen molar-refractivity contribution in [2.45, 2.75) is 38.3 Å². The zero-order chi connectivity index (χ0) is 19.0. The normalized spacial score (nSPS) is 25.2. The highest BCUT2D eigenvalue weighted by Gasteiger charge is 2.50. The second-order valence-corrected chi connectivity index (χ2v) is 7.68. The van der Waals surface area contributed by atoms with Gasteiger partial charge in [0.1, 0.15) is 6.61 Å². The number of carbonyl (C=O) groups is 1. The van der Waals surface area contributed by atoms with Crippen LogP contribution in [0.5, 0.6) is 0 Å². The van der Waals surface area contributed by atoms with E-state index in [-0.39, 0.29) is 12.5 Å². The van der Waals surface area contributed by atoms with Gasteiger partial charge >= 0.3 is 0 Å². The van der Waals surface area contributed by atoms with Gasteiger partial charge in [-0.1, -0.05) is 36.9 Å². The lowest BCUT2D eigenvalue weighted by Crippen LogP contribution is -2.63. The quantitative estimate of drug-likeness (QED) is 0.890. The Morgan fingerprint density at radius 3 is 2.78 bits per heavy atom. The van der Waals surface area contributed by atoms with Crippen LogP contribution in [0.1, 0.15) is 31.7 Å². The molecule has 1 N–H and O–H groups in total. The van der Waals surface area contributed by atoms with E-state index in [0.717, 1.165) is 42.5 Å². The summed E-state index contributed by atoms with van der Waals surface area (Å²) in [7, 11) is 0. The first kappa shape index (κ1) is 17.9. The minimum absolute atomic E-state index is 0.00248. The predicted molar refractivity (Wildman–Crippen MR) is 103 cm³/mol. The number of amides is 1. The molecule has 3 aliphatic heterocycles. The molecule has 27 heavy (non-hydrogen) atoms. The van der Waals surface area contributed by atoms with Crippen LogP contribution in [0.2, 0.25) is 0 Å². The minimum Gasteiger partial charge on any atom is -0.486 e. The van der Waals surface area contributed by atoms with Gasteiger partial charge in [0, 0.05) is 24.9 Å². The third-order valence-electron chi connectivity index (χ3n) is 5.86. The lowest BCUT2D eigenvalue weighted by atomic mass is 9.86. The topological polar surface area (TPSA) is 53.0 Å². The number of benzene rings is 1. The maximum Gasteiger partial charge on any atom is 0.274 e. The maximum atomic E-state index is 13.2. The summed E-state index contributed by atoms with van der Waals surface area (Å²) >= 11 is 0. The molecule has 1 aromatic carbocycles. The Bertz CT molecular complexity index is 827. The first-order valence-corrected chi connectivity index (χ1v) is 9.54. The highest BCUT2D eigenvalue weighted by Crippen LogP contribution is 2.42. The number of hydrogen-bond donors (Lipinski definition) is 1. The molecule has 1 aromatic rings. The molecule has 0 aromatic heterocycles. The predicted octanol–water partition coefficient (Wildman–Crippen LogP) is 2.95. The van der Waals surface area contributed by atoms with Crippen molar-refractivity contribution in [1.29, 1.82) is 0 Å². The number of fused-ring (bicyclic) bond motifs is 4. The molecule has 1 amide bonds. The number of nitrogens with zero attached hydrogens (tertiary/aromatic N) is 2. The van der Waals surface area contributed by atoms with Gasteiger partial charge in [-0.05, 0) is 37.3 Å². The number of hydrogen-bond acceptors (Lipinski definition) is 4. The summed E-state index contributed by atoms with van der Waals surface area (Å²) < 4.78 is 6.16. The summed E-state index contributed by atoms with van der Waals surface area (Å²) in [5, 5.41) is 10.3. The Morgan fingerprint density at radius 2 is 2.04 bits per heavy atom. The van der Waals surface area contributed by atoms with Crippen molar-refractivity contribution in [1.82, 2.24) is 9.80 Å². The molecule has 4 rings (SSSR count).